The summed E-state index contributed by atoms with van der Waals surface area (Å²) < 4.78 is 13.6. The summed E-state index contributed by atoms with van der Waals surface area (Å²) in [5, 5.41) is 2.69. The van der Waals surface area contributed by atoms with E-state index in [4.69, 9.17) is 0 Å². The Kier molecular flexibility index (Phi) is 4.39. The summed E-state index contributed by atoms with van der Waals surface area (Å²) in [4.78, 5) is 32.4. The van der Waals surface area contributed by atoms with E-state index in [0.717, 1.165) is 34.9 Å². The molecule has 2 aliphatic heterocycles. The minimum atomic E-state index is -1.10. The molecule has 1 atom stereocenters. The van der Waals surface area contributed by atoms with Gasteiger partial charge in [-0.15, -0.1) is 0 Å². The SMILES string of the molecule is O=C(N[C@@H]1N=C(c2ccccc2)c2cccc3c2N(CC3)C1=O)c1cccc(F)c1. The molecule has 30 heavy (non-hydrogen) atoms. The molecule has 148 valence electrons. The smallest absolute Gasteiger partial charge is 0.272 e. The van der Waals surface area contributed by atoms with E-state index in [9.17, 15) is 14.0 Å². The molecule has 2 amide bonds. The van der Waals surface area contributed by atoms with E-state index in [1.54, 1.807) is 4.90 Å². The lowest BCUT2D eigenvalue weighted by Crippen LogP contribution is -2.47. The first-order valence-electron chi connectivity index (χ1n) is 9.75. The topological polar surface area (TPSA) is 61.8 Å². The number of benzene rings is 3. The van der Waals surface area contributed by atoms with Crippen molar-refractivity contribution < 1.29 is 14.0 Å². The highest BCUT2D eigenvalue weighted by Crippen LogP contribution is 2.36. The lowest BCUT2D eigenvalue weighted by atomic mass is 9.98. The molecule has 0 bridgehead atoms. The number of carbonyl (C=O) groups excluding carboxylic acids is 2. The van der Waals surface area contributed by atoms with Crippen molar-refractivity contribution in [2.45, 2.75) is 12.6 Å². The maximum Gasteiger partial charge on any atom is 0.272 e. The normalized spacial score (nSPS) is 17.2. The Morgan fingerprint density at radius 2 is 1.83 bits per heavy atom. The second-order valence-electron chi connectivity index (χ2n) is 7.28. The Bertz CT molecular complexity index is 1190. The number of amides is 2. The molecular weight excluding hydrogens is 381 g/mol. The number of carbonyl (C=O) groups is 2. The van der Waals surface area contributed by atoms with Gasteiger partial charge in [-0.1, -0.05) is 54.6 Å². The fraction of sp³-hybridized carbons (Fsp3) is 0.125. The highest BCUT2D eigenvalue weighted by molar-refractivity contribution is 6.21. The maximum absolute atomic E-state index is 13.6. The molecule has 0 aromatic heterocycles. The van der Waals surface area contributed by atoms with Gasteiger partial charge in [0, 0.05) is 23.2 Å². The number of aliphatic imine (C=N–C) groups is 1. The molecule has 2 aliphatic rings. The standard InChI is InChI=1S/C24H18FN3O2/c25-18-10-4-9-17(14-18)23(29)27-22-24(30)28-13-12-16-8-5-11-19(21(16)28)20(26-22)15-6-2-1-3-7-15/h1-11,14,22H,12-13H2,(H,27,29)/t22-/m0/s1. The van der Waals surface area contributed by atoms with E-state index in [0.29, 0.717) is 12.3 Å². The lowest BCUT2D eigenvalue weighted by molar-refractivity contribution is -0.120. The zero-order valence-corrected chi connectivity index (χ0v) is 16.0. The van der Waals surface area contributed by atoms with Gasteiger partial charge in [0.05, 0.1) is 11.4 Å². The lowest BCUT2D eigenvalue weighted by Gasteiger charge is -2.21. The quantitative estimate of drug-likeness (QED) is 0.735. The van der Waals surface area contributed by atoms with Crippen LogP contribution < -0.4 is 10.2 Å². The first kappa shape index (κ1) is 18.2. The summed E-state index contributed by atoms with van der Waals surface area (Å²) in [6.07, 6.45) is -0.351. The van der Waals surface area contributed by atoms with Crippen molar-refractivity contribution in [3.63, 3.8) is 0 Å². The van der Waals surface area contributed by atoms with Crippen LogP contribution in [0.3, 0.4) is 0 Å². The van der Waals surface area contributed by atoms with Gasteiger partial charge in [0.2, 0.25) is 6.17 Å². The van der Waals surface area contributed by atoms with E-state index in [-0.39, 0.29) is 11.5 Å². The first-order chi connectivity index (χ1) is 14.6. The minimum Gasteiger partial charge on any atom is -0.322 e. The van der Waals surface area contributed by atoms with Gasteiger partial charge in [0.15, 0.2) is 0 Å². The third-order valence-electron chi connectivity index (χ3n) is 5.41. The van der Waals surface area contributed by atoms with Crippen molar-refractivity contribution in [1.29, 1.82) is 0 Å². The Labute approximate surface area is 172 Å². The second-order valence-corrected chi connectivity index (χ2v) is 7.28. The van der Waals surface area contributed by atoms with Crippen LogP contribution in [0.15, 0.2) is 77.8 Å². The first-order valence-corrected chi connectivity index (χ1v) is 9.75. The van der Waals surface area contributed by atoms with Crippen LogP contribution in [0.5, 0.6) is 0 Å². The molecule has 0 saturated heterocycles. The van der Waals surface area contributed by atoms with E-state index in [1.807, 2.05) is 48.5 Å². The molecule has 5 nitrogen and oxygen atoms in total. The third kappa shape index (κ3) is 3.06. The fourth-order valence-electron chi connectivity index (χ4n) is 4.03. The van der Waals surface area contributed by atoms with Gasteiger partial charge in [-0.05, 0) is 30.2 Å². The predicted octanol–water partition coefficient (Wildman–Crippen LogP) is 3.32. The molecule has 2 heterocycles. The monoisotopic (exact) mass is 399 g/mol. The highest BCUT2D eigenvalue weighted by Gasteiger charge is 2.37. The number of para-hydroxylation sites is 1. The van der Waals surface area contributed by atoms with Crippen LogP contribution in [-0.2, 0) is 11.2 Å². The molecule has 0 spiro atoms. The Morgan fingerprint density at radius 1 is 1.03 bits per heavy atom. The summed E-state index contributed by atoms with van der Waals surface area (Å²) in [6.45, 7) is 0.537. The zero-order valence-electron chi connectivity index (χ0n) is 16.0. The van der Waals surface area contributed by atoms with Crippen molar-refractivity contribution in [2.24, 2.45) is 4.99 Å². The van der Waals surface area contributed by atoms with Crippen molar-refractivity contribution in [3.05, 3.63) is 101 Å². The van der Waals surface area contributed by atoms with E-state index >= 15 is 0 Å². The van der Waals surface area contributed by atoms with Gasteiger partial charge < -0.3 is 10.2 Å². The predicted molar refractivity (Wildman–Crippen MR) is 112 cm³/mol. The van der Waals surface area contributed by atoms with Crippen LogP contribution in [0.25, 0.3) is 0 Å². The van der Waals surface area contributed by atoms with Gasteiger partial charge in [0.1, 0.15) is 5.82 Å². The molecule has 0 saturated carbocycles. The number of nitrogens with zero attached hydrogens (tertiary/aromatic N) is 2. The van der Waals surface area contributed by atoms with Crippen molar-refractivity contribution in [1.82, 2.24) is 5.32 Å². The number of nitrogens with one attached hydrogen (secondary N) is 1. The van der Waals surface area contributed by atoms with Gasteiger partial charge in [-0.2, -0.15) is 0 Å². The van der Waals surface area contributed by atoms with Crippen molar-refractivity contribution in [3.8, 4) is 0 Å². The van der Waals surface area contributed by atoms with E-state index in [2.05, 4.69) is 10.3 Å². The van der Waals surface area contributed by atoms with Crippen LogP contribution in [0, 0.1) is 5.82 Å². The molecule has 0 unspecified atom stereocenters. The zero-order chi connectivity index (χ0) is 20.7. The maximum atomic E-state index is 13.6. The van der Waals surface area contributed by atoms with Crippen LogP contribution in [-0.4, -0.2) is 30.2 Å². The van der Waals surface area contributed by atoms with Crippen molar-refractivity contribution in [2.75, 3.05) is 11.4 Å². The summed E-state index contributed by atoms with van der Waals surface area (Å²) in [5.74, 6) is -1.36. The number of halogens is 1. The van der Waals surface area contributed by atoms with E-state index in [1.165, 1.54) is 18.2 Å². The fourth-order valence-corrected chi connectivity index (χ4v) is 4.03. The van der Waals surface area contributed by atoms with Gasteiger partial charge >= 0.3 is 0 Å². The summed E-state index contributed by atoms with van der Waals surface area (Å²) >= 11 is 0. The highest BCUT2D eigenvalue weighted by atomic mass is 19.1. The molecule has 3 aromatic rings. The summed E-state index contributed by atoms with van der Waals surface area (Å²) in [7, 11) is 0. The Balaban J connectivity index is 1.60. The van der Waals surface area contributed by atoms with Gasteiger partial charge in [0.25, 0.3) is 11.8 Å². The number of hydrogen-bond acceptors (Lipinski definition) is 3. The molecule has 6 heteroatoms. The molecule has 3 aromatic carbocycles. The van der Waals surface area contributed by atoms with Crippen molar-refractivity contribution >= 4 is 23.2 Å². The average molecular weight is 399 g/mol. The van der Waals surface area contributed by atoms with Crippen LogP contribution >= 0.6 is 0 Å². The molecule has 0 radical (unpaired) electrons. The number of rotatable bonds is 3. The minimum absolute atomic E-state index is 0.142. The molecular formula is C24H18FN3O2. The van der Waals surface area contributed by atoms with Gasteiger partial charge in [-0.25, -0.2) is 9.38 Å². The van der Waals surface area contributed by atoms with E-state index < -0.39 is 17.9 Å². The summed E-state index contributed by atoms with van der Waals surface area (Å²) in [5.41, 5.74) is 4.46. The van der Waals surface area contributed by atoms with Crippen LogP contribution in [0.1, 0.15) is 27.0 Å². The molecule has 0 fully saturated rings. The number of anilines is 1. The Hall–Kier alpha value is -3.80. The molecule has 5 rings (SSSR count). The third-order valence-corrected chi connectivity index (χ3v) is 5.41. The van der Waals surface area contributed by atoms with Crippen LogP contribution in [0.4, 0.5) is 10.1 Å². The van der Waals surface area contributed by atoms with Gasteiger partial charge in [-0.3, -0.25) is 9.59 Å². The average Bonchev–Trinajstić information content (AvgIpc) is 3.16. The number of hydrogen-bond donors (Lipinski definition) is 1. The molecule has 0 aliphatic carbocycles. The summed E-state index contributed by atoms with van der Waals surface area (Å²) in [6, 6.07) is 20.9. The largest absolute Gasteiger partial charge is 0.322 e. The Morgan fingerprint density at radius 3 is 2.63 bits per heavy atom. The van der Waals surface area contributed by atoms with Crippen LogP contribution in [0.2, 0.25) is 0 Å². The second kappa shape index (κ2) is 7.22. The molecule has 1 N–H and O–H groups in total.